The fourth-order valence-electron chi connectivity index (χ4n) is 2.68. The van der Waals surface area contributed by atoms with Crippen LogP contribution in [0.5, 0.6) is 0 Å². The number of hydrogen-bond acceptors (Lipinski definition) is 3. The first-order valence-corrected chi connectivity index (χ1v) is 9.18. The monoisotopic (exact) mass is 390 g/mol. The zero-order valence-corrected chi connectivity index (χ0v) is 16.6. The fourth-order valence-corrected chi connectivity index (χ4v) is 3.14. The molecule has 1 amide bonds. The summed E-state index contributed by atoms with van der Waals surface area (Å²) >= 11 is 12.1. The number of carbonyl (C=O) groups is 1. The van der Waals surface area contributed by atoms with Crippen molar-refractivity contribution in [2.45, 2.75) is 39.7 Å². The summed E-state index contributed by atoms with van der Waals surface area (Å²) in [5, 5.41) is 8.88. The van der Waals surface area contributed by atoms with Crippen molar-refractivity contribution in [3.05, 3.63) is 51.8 Å². The standard InChI is InChI=1S/C19H20Cl2N4O/c1-10(2)17-8-13(14-9-22-25(11(3)4)18(14)23-17)19(26)24-16-6-5-12(20)7-15(16)21/h5-11H,1-4H3,(H,24,26). The lowest BCUT2D eigenvalue weighted by Gasteiger charge is -2.13. The van der Waals surface area contributed by atoms with Crippen LogP contribution in [-0.4, -0.2) is 20.7 Å². The smallest absolute Gasteiger partial charge is 0.256 e. The van der Waals surface area contributed by atoms with Crippen LogP contribution in [0.15, 0.2) is 30.5 Å². The number of amides is 1. The molecule has 3 aromatic rings. The number of hydrogen-bond donors (Lipinski definition) is 1. The van der Waals surface area contributed by atoms with Crippen molar-refractivity contribution in [3.63, 3.8) is 0 Å². The van der Waals surface area contributed by atoms with E-state index >= 15 is 0 Å². The summed E-state index contributed by atoms with van der Waals surface area (Å²) in [5.74, 6) is -0.0765. The summed E-state index contributed by atoms with van der Waals surface area (Å²) in [6.45, 7) is 8.15. The van der Waals surface area contributed by atoms with Gasteiger partial charge in [0.05, 0.1) is 27.9 Å². The Morgan fingerprint density at radius 2 is 1.88 bits per heavy atom. The van der Waals surface area contributed by atoms with Crippen molar-refractivity contribution in [2.75, 3.05) is 5.32 Å². The molecule has 0 saturated carbocycles. The van der Waals surface area contributed by atoms with Crippen LogP contribution in [0.1, 0.15) is 55.7 Å². The highest BCUT2D eigenvalue weighted by atomic mass is 35.5. The quantitative estimate of drug-likeness (QED) is 0.621. The highest BCUT2D eigenvalue weighted by Gasteiger charge is 2.19. The Labute approximate surface area is 162 Å². The number of fused-ring (bicyclic) bond motifs is 1. The molecule has 26 heavy (non-hydrogen) atoms. The predicted octanol–water partition coefficient (Wildman–Crippen LogP) is 5.69. The summed E-state index contributed by atoms with van der Waals surface area (Å²) in [7, 11) is 0. The molecule has 0 aliphatic heterocycles. The average Bonchev–Trinajstić information content (AvgIpc) is 3.00. The molecule has 0 aliphatic rings. The molecule has 0 atom stereocenters. The molecule has 1 aromatic carbocycles. The lowest BCUT2D eigenvalue weighted by Crippen LogP contribution is -2.14. The van der Waals surface area contributed by atoms with Crippen molar-refractivity contribution >= 4 is 45.8 Å². The third-order valence-electron chi connectivity index (χ3n) is 4.09. The van der Waals surface area contributed by atoms with E-state index in [9.17, 15) is 4.79 Å². The van der Waals surface area contributed by atoms with E-state index in [0.29, 0.717) is 32.3 Å². The number of carbonyl (C=O) groups excluding carboxylic acids is 1. The first-order valence-electron chi connectivity index (χ1n) is 8.42. The second-order valence-electron chi connectivity index (χ2n) is 6.75. The molecular weight excluding hydrogens is 371 g/mol. The molecule has 0 saturated heterocycles. The normalized spacial score (nSPS) is 11.5. The third kappa shape index (κ3) is 3.55. The largest absolute Gasteiger partial charge is 0.321 e. The maximum atomic E-state index is 13.0. The Morgan fingerprint density at radius 1 is 1.15 bits per heavy atom. The Balaban J connectivity index is 2.09. The topological polar surface area (TPSA) is 59.8 Å². The number of rotatable bonds is 4. The molecule has 0 spiro atoms. The molecule has 0 unspecified atom stereocenters. The van der Waals surface area contributed by atoms with Gasteiger partial charge >= 0.3 is 0 Å². The predicted molar refractivity (Wildman–Crippen MR) is 106 cm³/mol. The van der Waals surface area contributed by atoms with E-state index in [-0.39, 0.29) is 17.9 Å². The Hall–Kier alpha value is -2.11. The molecule has 0 bridgehead atoms. The Morgan fingerprint density at radius 3 is 2.50 bits per heavy atom. The van der Waals surface area contributed by atoms with Crippen LogP contribution in [0.2, 0.25) is 10.0 Å². The first kappa shape index (κ1) is 18.7. The summed E-state index contributed by atoms with van der Waals surface area (Å²) in [5.41, 5.74) is 2.58. The SMILES string of the molecule is CC(C)c1cc(C(=O)Nc2ccc(Cl)cc2Cl)c2cnn(C(C)C)c2n1. The van der Waals surface area contributed by atoms with Crippen molar-refractivity contribution in [1.29, 1.82) is 0 Å². The lowest BCUT2D eigenvalue weighted by molar-refractivity contribution is 0.102. The van der Waals surface area contributed by atoms with Crippen molar-refractivity contribution < 1.29 is 4.79 Å². The van der Waals surface area contributed by atoms with Gasteiger partial charge in [-0.2, -0.15) is 5.10 Å². The second kappa shape index (κ2) is 7.25. The summed E-state index contributed by atoms with van der Waals surface area (Å²) in [6, 6.07) is 6.92. The van der Waals surface area contributed by atoms with Crippen LogP contribution in [0.25, 0.3) is 11.0 Å². The maximum Gasteiger partial charge on any atom is 0.256 e. The van der Waals surface area contributed by atoms with Gasteiger partial charge in [0.1, 0.15) is 0 Å². The molecule has 1 N–H and O–H groups in total. The van der Waals surface area contributed by atoms with Crippen molar-refractivity contribution in [2.24, 2.45) is 0 Å². The molecule has 0 aliphatic carbocycles. The van der Waals surface area contributed by atoms with Gasteiger partial charge in [0.25, 0.3) is 5.91 Å². The molecule has 136 valence electrons. The molecule has 0 fully saturated rings. The van der Waals surface area contributed by atoms with Crippen LogP contribution >= 0.6 is 23.2 Å². The molecular formula is C19H20Cl2N4O. The van der Waals surface area contributed by atoms with Gasteiger partial charge in [-0.25, -0.2) is 9.67 Å². The van der Waals surface area contributed by atoms with E-state index in [1.54, 1.807) is 24.4 Å². The Kier molecular flexibility index (Phi) is 5.21. The summed E-state index contributed by atoms with van der Waals surface area (Å²) in [6.07, 6.45) is 1.69. The van der Waals surface area contributed by atoms with E-state index < -0.39 is 0 Å². The highest BCUT2D eigenvalue weighted by molar-refractivity contribution is 6.37. The van der Waals surface area contributed by atoms with E-state index in [1.165, 1.54) is 0 Å². The maximum absolute atomic E-state index is 13.0. The minimum absolute atomic E-state index is 0.143. The van der Waals surface area contributed by atoms with Crippen molar-refractivity contribution in [3.8, 4) is 0 Å². The number of anilines is 1. The fraction of sp³-hybridized carbons (Fsp3) is 0.316. The van der Waals surface area contributed by atoms with Crippen molar-refractivity contribution in [1.82, 2.24) is 14.8 Å². The van der Waals surface area contributed by atoms with Gasteiger partial charge in [-0.3, -0.25) is 4.79 Å². The molecule has 3 rings (SSSR count). The first-order chi connectivity index (χ1) is 12.3. The number of aromatic nitrogens is 3. The van der Waals surface area contributed by atoms with E-state index in [2.05, 4.69) is 10.4 Å². The number of benzene rings is 1. The molecule has 5 nitrogen and oxygen atoms in total. The van der Waals surface area contributed by atoms with Gasteiger partial charge in [-0.05, 0) is 44.0 Å². The third-order valence-corrected chi connectivity index (χ3v) is 4.64. The lowest BCUT2D eigenvalue weighted by atomic mass is 10.0. The molecule has 0 radical (unpaired) electrons. The van der Waals surface area contributed by atoms with Crippen LogP contribution < -0.4 is 5.32 Å². The Bertz CT molecular complexity index is 979. The van der Waals surface area contributed by atoms with E-state index in [1.807, 2.05) is 38.4 Å². The summed E-state index contributed by atoms with van der Waals surface area (Å²) < 4.78 is 1.83. The second-order valence-corrected chi connectivity index (χ2v) is 7.59. The molecule has 7 heteroatoms. The van der Waals surface area contributed by atoms with Crippen LogP contribution in [0, 0.1) is 0 Å². The van der Waals surface area contributed by atoms with Gasteiger partial charge in [-0.1, -0.05) is 37.0 Å². The van der Waals surface area contributed by atoms with Crippen LogP contribution in [0.3, 0.4) is 0 Å². The van der Waals surface area contributed by atoms with Gasteiger partial charge in [-0.15, -0.1) is 0 Å². The molecule has 2 heterocycles. The molecule has 2 aromatic heterocycles. The number of nitrogens with zero attached hydrogens (tertiary/aromatic N) is 3. The summed E-state index contributed by atoms with van der Waals surface area (Å²) in [4.78, 5) is 17.7. The zero-order chi connectivity index (χ0) is 19.0. The highest BCUT2D eigenvalue weighted by Crippen LogP contribution is 2.28. The van der Waals surface area contributed by atoms with Gasteiger partial charge in [0.2, 0.25) is 0 Å². The van der Waals surface area contributed by atoms with E-state index in [0.717, 1.165) is 5.69 Å². The van der Waals surface area contributed by atoms with E-state index in [4.69, 9.17) is 28.2 Å². The van der Waals surface area contributed by atoms with Crippen LogP contribution in [-0.2, 0) is 0 Å². The van der Waals surface area contributed by atoms with Gasteiger partial charge in [0.15, 0.2) is 5.65 Å². The average molecular weight is 391 g/mol. The minimum Gasteiger partial charge on any atom is -0.321 e. The van der Waals surface area contributed by atoms with Crippen LogP contribution in [0.4, 0.5) is 5.69 Å². The number of pyridine rings is 1. The number of nitrogens with one attached hydrogen (secondary N) is 1. The van der Waals surface area contributed by atoms with Gasteiger partial charge in [0, 0.05) is 16.8 Å². The minimum atomic E-state index is -0.258. The van der Waals surface area contributed by atoms with Gasteiger partial charge < -0.3 is 5.32 Å². The number of halogens is 2. The zero-order valence-electron chi connectivity index (χ0n) is 15.0.